The first-order valence-electron chi connectivity index (χ1n) is 6.79. The summed E-state index contributed by atoms with van der Waals surface area (Å²) in [7, 11) is 0. The number of benzene rings is 2. The number of Topliss-reactive ketones (excluding diaryl/α,β-unsaturated/α-hetero) is 1. The van der Waals surface area contributed by atoms with Gasteiger partial charge in [-0.25, -0.2) is 0 Å². The molecule has 2 rings (SSSR count). The summed E-state index contributed by atoms with van der Waals surface area (Å²) in [6.07, 6.45) is -9.90. The lowest BCUT2D eigenvalue weighted by Crippen LogP contribution is -2.10. The Morgan fingerprint density at radius 2 is 1.20 bits per heavy atom. The number of rotatable bonds is 3. The minimum atomic E-state index is -4.95. The van der Waals surface area contributed by atoms with Crippen LogP contribution in [0.25, 0.3) is 0 Å². The van der Waals surface area contributed by atoms with Crippen molar-refractivity contribution in [2.45, 2.75) is 19.3 Å². The molecule has 9 heteroatoms. The van der Waals surface area contributed by atoms with E-state index in [2.05, 4.69) is 10.2 Å². The van der Waals surface area contributed by atoms with E-state index in [1.54, 1.807) is 0 Å². The smallest absolute Gasteiger partial charge is 0.295 e. The van der Waals surface area contributed by atoms with Crippen LogP contribution in [0.5, 0.6) is 0 Å². The Labute approximate surface area is 138 Å². The molecule has 0 radical (unpaired) electrons. The van der Waals surface area contributed by atoms with Gasteiger partial charge in [0.05, 0.1) is 22.5 Å². The molecule has 0 aliphatic carbocycles. The van der Waals surface area contributed by atoms with Gasteiger partial charge in [0, 0.05) is 5.56 Å². The molecule has 0 fully saturated rings. The monoisotopic (exact) mass is 360 g/mol. The summed E-state index contributed by atoms with van der Waals surface area (Å²) in [5.74, 6) is -0.198. The first kappa shape index (κ1) is 18.6. The minimum absolute atomic E-state index is 0.0146. The van der Waals surface area contributed by atoms with Gasteiger partial charge in [-0.15, -0.1) is 0 Å². The molecule has 3 nitrogen and oxygen atoms in total. The third-order valence-electron chi connectivity index (χ3n) is 3.13. The highest BCUT2D eigenvalue weighted by atomic mass is 19.4. The number of ketones is 1. The summed E-state index contributed by atoms with van der Waals surface area (Å²) in [4.78, 5) is 11.1. The second kappa shape index (κ2) is 6.66. The Bertz CT molecular complexity index is 775. The molecule has 2 aromatic carbocycles. The van der Waals surface area contributed by atoms with Crippen LogP contribution in [-0.4, -0.2) is 5.78 Å². The van der Waals surface area contributed by atoms with E-state index in [-0.39, 0.29) is 17.5 Å². The molecule has 25 heavy (non-hydrogen) atoms. The molecule has 0 spiro atoms. The van der Waals surface area contributed by atoms with Crippen molar-refractivity contribution in [3.8, 4) is 0 Å². The Balaban J connectivity index is 2.39. The molecule has 0 N–H and O–H groups in total. The molecule has 0 aliphatic rings. The third kappa shape index (κ3) is 4.88. The molecule has 0 heterocycles. The summed E-state index contributed by atoms with van der Waals surface area (Å²) in [6.45, 7) is 1.35. The van der Waals surface area contributed by atoms with Gasteiger partial charge in [-0.05, 0) is 49.4 Å². The van der Waals surface area contributed by atoms with Gasteiger partial charge < -0.3 is 0 Å². The zero-order chi connectivity index (χ0) is 18.8. The van der Waals surface area contributed by atoms with Gasteiger partial charge in [-0.3, -0.25) is 4.79 Å². The van der Waals surface area contributed by atoms with Crippen molar-refractivity contribution in [3.63, 3.8) is 0 Å². The maximum atomic E-state index is 12.7. The van der Waals surface area contributed by atoms with E-state index < -0.39 is 29.2 Å². The fourth-order valence-corrected chi connectivity index (χ4v) is 1.87. The van der Waals surface area contributed by atoms with Crippen LogP contribution in [0, 0.1) is 0 Å². The second-order valence-electron chi connectivity index (χ2n) is 5.07. The van der Waals surface area contributed by atoms with E-state index in [1.165, 1.54) is 31.2 Å². The number of nitrogens with zero attached hydrogens (tertiary/aromatic N) is 2. The summed E-state index contributed by atoms with van der Waals surface area (Å²) >= 11 is 0. The van der Waals surface area contributed by atoms with Crippen molar-refractivity contribution in [3.05, 3.63) is 59.2 Å². The normalized spacial score (nSPS) is 12.6. The number of azo groups is 1. The fraction of sp³-hybridized carbons (Fsp3) is 0.188. The topological polar surface area (TPSA) is 41.8 Å². The van der Waals surface area contributed by atoms with Gasteiger partial charge in [-0.2, -0.15) is 36.6 Å². The van der Waals surface area contributed by atoms with Crippen LogP contribution in [0.4, 0.5) is 37.7 Å². The molecule has 0 amide bonds. The summed E-state index contributed by atoms with van der Waals surface area (Å²) in [5.41, 5.74) is -2.96. The predicted octanol–water partition coefficient (Wildman–Crippen LogP) is 6.34. The SMILES string of the molecule is CC(=O)c1ccc(N=Nc2cc(C(F)(F)F)cc(C(F)(F)F)c2)cc1. The Hall–Kier alpha value is -2.71. The lowest BCUT2D eigenvalue weighted by molar-refractivity contribution is -0.143. The zero-order valence-electron chi connectivity index (χ0n) is 12.6. The van der Waals surface area contributed by atoms with Gasteiger partial charge in [0.15, 0.2) is 5.78 Å². The maximum Gasteiger partial charge on any atom is 0.416 e. The molecule has 0 saturated carbocycles. The molecule has 132 valence electrons. The van der Waals surface area contributed by atoms with Crippen molar-refractivity contribution < 1.29 is 31.1 Å². The van der Waals surface area contributed by atoms with Crippen LogP contribution in [0.1, 0.15) is 28.4 Å². The van der Waals surface area contributed by atoms with E-state index in [4.69, 9.17) is 0 Å². The van der Waals surface area contributed by atoms with Gasteiger partial charge >= 0.3 is 12.4 Å². The molecule has 0 unspecified atom stereocenters. The average molecular weight is 360 g/mol. The van der Waals surface area contributed by atoms with E-state index in [0.29, 0.717) is 17.7 Å². The fourth-order valence-electron chi connectivity index (χ4n) is 1.87. The number of carbonyl (C=O) groups is 1. The summed E-state index contributed by atoms with van der Waals surface area (Å²) in [6, 6.07) is 6.55. The largest absolute Gasteiger partial charge is 0.416 e. The molecule has 0 aliphatic heterocycles. The Kier molecular flexibility index (Phi) is 4.96. The highest BCUT2D eigenvalue weighted by molar-refractivity contribution is 5.94. The minimum Gasteiger partial charge on any atom is -0.295 e. The molecule has 0 atom stereocenters. The number of hydrogen-bond acceptors (Lipinski definition) is 3. The van der Waals surface area contributed by atoms with Crippen LogP contribution >= 0.6 is 0 Å². The molecule has 0 bridgehead atoms. The maximum absolute atomic E-state index is 12.7. The first-order chi connectivity index (χ1) is 11.5. The average Bonchev–Trinajstić information content (AvgIpc) is 2.51. The quantitative estimate of drug-likeness (QED) is 0.358. The van der Waals surface area contributed by atoms with Crippen molar-refractivity contribution >= 4 is 17.2 Å². The van der Waals surface area contributed by atoms with E-state index in [0.717, 1.165) is 0 Å². The predicted molar refractivity (Wildman–Crippen MR) is 77.1 cm³/mol. The van der Waals surface area contributed by atoms with E-state index in [1.807, 2.05) is 0 Å². The number of hydrogen-bond donors (Lipinski definition) is 0. The van der Waals surface area contributed by atoms with Crippen LogP contribution in [0.15, 0.2) is 52.7 Å². The van der Waals surface area contributed by atoms with E-state index >= 15 is 0 Å². The lowest BCUT2D eigenvalue weighted by atomic mass is 10.1. The molecule has 2 aromatic rings. The number of alkyl halides is 6. The number of halogens is 6. The van der Waals surface area contributed by atoms with Crippen molar-refractivity contribution in [2.75, 3.05) is 0 Å². The Morgan fingerprint density at radius 3 is 1.60 bits per heavy atom. The van der Waals surface area contributed by atoms with Gasteiger partial charge in [0.2, 0.25) is 0 Å². The third-order valence-corrected chi connectivity index (χ3v) is 3.13. The Morgan fingerprint density at radius 1 is 0.760 bits per heavy atom. The lowest BCUT2D eigenvalue weighted by Gasteiger charge is -2.12. The van der Waals surface area contributed by atoms with Crippen LogP contribution < -0.4 is 0 Å². The van der Waals surface area contributed by atoms with Crippen LogP contribution in [0.2, 0.25) is 0 Å². The first-order valence-corrected chi connectivity index (χ1v) is 6.79. The second-order valence-corrected chi connectivity index (χ2v) is 5.07. The molecular formula is C16H10F6N2O. The van der Waals surface area contributed by atoms with Gasteiger partial charge in [0.25, 0.3) is 0 Å². The van der Waals surface area contributed by atoms with Crippen molar-refractivity contribution in [1.82, 2.24) is 0 Å². The van der Waals surface area contributed by atoms with E-state index in [9.17, 15) is 31.1 Å². The standard InChI is InChI=1S/C16H10F6N2O/c1-9(25)10-2-4-13(5-3-10)23-24-14-7-11(15(17,18)19)6-12(8-14)16(20,21)22/h2-8H,1H3. The van der Waals surface area contributed by atoms with Gasteiger partial charge in [-0.1, -0.05) is 0 Å². The molecule has 0 aromatic heterocycles. The number of carbonyl (C=O) groups excluding carboxylic acids is 1. The van der Waals surface area contributed by atoms with Crippen LogP contribution in [0.3, 0.4) is 0 Å². The van der Waals surface area contributed by atoms with Crippen molar-refractivity contribution in [2.24, 2.45) is 10.2 Å². The highest BCUT2D eigenvalue weighted by Crippen LogP contribution is 2.38. The molecular weight excluding hydrogens is 350 g/mol. The van der Waals surface area contributed by atoms with Crippen LogP contribution in [-0.2, 0) is 12.4 Å². The van der Waals surface area contributed by atoms with Crippen molar-refractivity contribution in [1.29, 1.82) is 0 Å². The summed E-state index contributed by atoms with van der Waals surface area (Å²) < 4.78 is 76.5. The highest BCUT2D eigenvalue weighted by Gasteiger charge is 2.36. The summed E-state index contributed by atoms with van der Waals surface area (Å²) in [5, 5.41) is 7.04. The zero-order valence-corrected chi connectivity index (χ0v) is 12.6. The van der Waals surface area contributed by atoms with Gasteiger partial charge in [0.1, 0.15) is 0 Å². The molecule has 0 saturated heterocycles.